The Morgan fingerprint density at radius 3 is 2.85 bits per heavy atom. The van der Waals surface area contributed by atoms with Crippen molar-refractivity contribution in [2.45, 2.75) is 44.7 Å². The van der Waals surface area contributed by atoms with Gasteiger partial charge in [0.25, 0.3) is 5.91 Å². The van der Waals surface area contributed by atoms with Crippen LogP contribution in [0, 0.1) is 11.8 Å². The Balaban J connectivity index is 1.26. The molecule has 2 aromatic rings. The van der Waals surface area contributed by atoms with Gasteiger partial charge < -0.3 is 13.9 Å². The lowest BCUT2D eigenvalue weighted by molar-refractivity contribution is 0.0686. The van der Waals surface area contributed by atoms with Gasteiger partial charge in [-0.1, -0.05) is 6.42 Å². The number of carbonyl (C=O) groups is 1. The smallest absolute Gasteiger partial charge is 0.289 e. The highest BCUT2D eigenvalue weighted by Crippen LogP contribution is 2.33. The second kappa shape index (κ2) is 7.15. The minimum absolute atomic E-state index is 0.0503. The van der Waals surface area contributed by atoms with Crippen LogP contribution in [-0.2, 0) is 6.54 Å². The third kappa shape index (κ3) is 3.55. The zero-order chi connectivity index (χ0) is 18.2. The average molecular weight is 368 g/mol. The molecular formula is C21H28N4O2. The van der Waals surface area contributed by atoms with Crippen molar-refractivity contribution in [2.75, 3.05) is 26.2 Å². The molecule has 0 unspecified atom stereocenters. The molecule has 0 aromatic carbocycles. The zero-order valence-corrected chi connectivity index (χ0v) is 15.8. The molecule has 6 rings (SSSR count). The molecule has 2 bridgehead atoms. The van der Waals surface area contributed by atoms with E-state index in [0.29, 0.717) is 24.3 Å². The molecule has 6 heteroatoms. The molecule has 6 nitrogen and oxygen atoms in total. The number of fused-ring (bicyclic) bond motifs is 4. The number of rotatable bonds is 5. The number of carbonyl (C=O) groups excluding carboxylic acids is 1. The van der Waals surface area contributed by atoms with Crippen molar-refractivity contribution < 1.29 is 9.21 Å². The summed E-state index contributed by atoms with van der Waals surface area (Å²) in [5.74, 6) is 2.81. The van der Waals surface area contributed by atoms with Gasteiger partial charge >= 0.3 is 0 Å². The van der Waals surface area contributed by atoms with Crippen LogP contribution in [0.3, 0.4) is 0 Å². The van der Waals surface area contributed by atoms with Crippen LogP contribution in [0.25, 0.3) is 0 Å². The molecule has 2 atom stereocenters. The van der Waals surface area contributed by atoms with E-state index >= 15 is 0 Å². The van der Waals surface area contributed by atoms with Crippen LogP contribution in [-0.4, -0.2) is 57.5 Å². The monoisotopic (exact) mass is 368 g/mol. The third-order valence-electron chi connectivity index (χ3n) is 6.60. The summed E-state index contributed by atoms with van der Waals surface area (Å²) in [5, 5.41) is 0. The molecule has 3 saturated heterocycles. The fraction of sp³-hybridized carbons (Fsp3) is 0.619. The van der Waals surface area contributed by atoms with Crippen LogP contribution < -0.4 is 0 Å². The molecule has 27 heavy (non-hydrogen) atoms. The van der Waals surface area contributed by atoms with Crippen molar-refractivity contribution in [3.63, 3.8) is 0 Å². The Kier molecular flexibility index (Phi) is 4.52. The highest BCUT2D eigenvalue weighted by Gasteiger charge is 2.38. The van der Waals surface area contributed by atoms with E-state index in [-0.39, 0.29) is 5.91 Å². The molecule has 5 heterocycles. The second-order valence-electron chi connectivity index (χ2n) is 8.56. The molecule has 1 saturated carbocycles. The van der Waals surface area contributed by atoms with E-state index in [4.69, 9.17) is 4.42 Å². The molecule has 0 spiro atoms. The van der Waals surface area contributed by atoms with Crippen molar-refractivity contribution in [3.05, 3.63) is 42.4 Å². The summed E-state index contributed by atoms with van der Waals surface area (Å²) >= 11 is 0. The Morgan fingerprint density at radius 1 is 1.15 bits per heavy atom. The van der Waals surface area contributed by atoms with Gasteiger partial charge in [-0.3, -0.25) is 9.69 Å². The molecule has 3 aliphatic heterocycles. The maximum atomic E-state index is 13.1. The highest BCUT2D eigenvalue weighted by molar-refractivity contribution is 5.91. The Hall–Kier alpha value is -2.08. The summed E-state index contributed by atoms with van der Waals surface area (Å²) in [6, 6.07) is 4.25. The van der Waals surface area contributed by atoms with Gasteiger partial charge in [-0.2, -0.15) is 0 Å². The summed E-state index contributed by atoms with van der Waals surface area (Å²) in [4.78, 5) is 21.8. The number of hydrogen-bond donors (Lipinski definition) is 0. The van der Waals surface area contributed by atoms with Crippen LogP contribution in [0.4, 0.5) is 0 Å². The SMILES string of the molecule is O=C(c1ccc(Cn2ccnc2)o1)N1C[C@H]2CC[C@@H](C1)N(CC1CCC1)C2. The number of imidazole rings is 1. The number of nitrogens with zero attached hydrogens (tertiary/aromatic N) is 4. The van der Waals surface area contributed by atoms with E-state index in [2.05, 4.69) is 9.88 Å². The van der Waals surface area contributed by atoms with E-state index in [0.717, 1.165) is 31.3 Å². The van der Waals surface area contributed by atoms with Crippen molar-refractivity contribution in [2.24, 2.45) is 11.8 Å². The minimum atomic E-state index is 0.0503. The Bertz CT molecular complexity index is 780. The van der Waals surface area contributed by atoms with Crippen molar-refractivity contribution in [1.82, 2.24) is 19.4 Å². The first-order valence-corrected chi connectivity index (χ1v) is 10.3. The summed E-state index contributed by atoms with van der Waals surface area (Å²) in [6.45, 7) is 4.72. The Labute approximate surface area is 160 Å². The number of aromatic nitrogens is 2. The molecule has 4 fully saturated rings. The van der Waals surface area contributed by atoms with Gasteiger partial charge in [-0.05, 0) is 49.7 Å². The molecular weight excluding hydrogens is 340 g/mol. The molecule has 4 aliphatic rings. The number of piperidine rings is 1. The van der Waals surface area contributed by atoms with Crippen molar-refractivity contribution in [3.8, 4) is 0 Å². The highest BCUT2D eigenvalue weighted by atomic mass is 16.4. The topological polar surface area (TPSA) is 54.5 Å². The van der Waals surface area contributed by atoms with Crippen LogP contribution >= 0.6 is 0 Å². The first-order chi connectivity index (χ1) is 13.2. The van der Waals surface area contributed by atoms with Crippen LogP contribution in [0.2, 0.25) is 0 Å². The first-order valence-electron chi connectivity index (χ1n) is 10.3. The van der Waals surface area contributed by atoms with Crippen molar-refractivity contribution >= 4 is 5.91 Å². The molecule has 0 radical (unpaired) electrons. The lowest BCUT2D eigenvalue weighted by atomic mass is 9.83. The first kappa shape index (κ1) is 17.0. The summed E-state index contributed by atoms with van der Waals surface area (Å²) < 4.78 is 7.81. The molecule has 1 aliphatic carbocycles. The van der Waals surface area contributed by atoms with Crippen molar-refractivity contribution in [1.29, 1.82) is 0 Å². The van der Waals surface area contributed by atoms with E-state index in [9.17, 15) is 4.79 Å². The van der Waals surface area contributed by atoms with Gasteiger partial charge in [0.15, 0.2) is 5.76 Å². The summed E-state index contributed by atoms with van der Waals surface area (Å²) in [7, 11) is 0. The van der Waals surface area contributed by atoms with E-state index in [1.165, 1.54) is 38.6 Å². The summed E-state index contributed by atoms with van der Waals surface area (Å²) in [6.07, 6.45) is 12.1. The number of furan rings is 1. The normalized spacial score (nSPS) is 26.1. The molecule has 0 N–H and O–H groups in total. The van der Waals surface area contributed by atoms with Gasteiger partial charge in [0.05, 0.1) is 12.9 Å². The maximum Gasteiger partial charge on any atom is 0.289 e. The number of hydrogen-bond acceptors (Lipinski definition) is 4. The minimum Gasteiger partial charge on any atom is -0.454 e. The van der Waals surface area contributed by atoms with Gasteiger partial charge in [0, 0.05) is 44.6 Å². The quantitative estimate of drug-likeness (QED) is 0.814. The van der Waals surface area contributed by atoms with Crippen LogP contribution in [0.1, 0.15) is 48.4 Å². The van der Waals surface area contributed by atoms with Gasteiger partial charge in [0.1, 0.15) is 5.76 Å². The van der Waals surface area contributed by atoms with Gasteiger partial charge in [0.2, 0.25) is 0 Å². The standard InChI is InChI=1S/C21H28N4O2/c26-21(20-7-6-19(27-20)14-23-9-8-22-15-23)25-12-17-4-5-18(13-25)24(11-17)10-16-2-1-3-16/h6-9,15-18H,1-5,10-14H2/t17-,18-/m0/s1. The lowest BCUT2D eigenvalue weighted by Gasteiger charge is -2.40. The Morgan fingerprint density at radius 2 is 2.07 bits per heavy atom. The predicted octanol–water partition coefficient (Wildman–Crippen LogP) is 2.86. The second-order valence-corrected chi connectivity index (χ2v) is 8.56. The van der Waals surface area contributed by atoms with E-state index in [1.54, 1.807) is 12.5 Å². The fourth-order valence-corrected chi connectivity index (χ4v) is 4.87. The zero-order valence-electron chi connectivity index (χ0n) is 15.8. The summed E-state index contributed by atoms with van der Waals surface area (Å²) in [5.41, 5.74) is 0. The number of amides is 1. The van der Waals surface area contributed by atoms with E-state index < -0.39 is 0 Å². The molecule has 1 amide bonds. The van der Waals surface area contributed by atoms with Crippen LogP contribution in [0.5, 0.6) is 0 Å². The largest absolute Gasteiger partial charge is 0.454 e. The van der Waals surface area contributed by atoms with Crippen LogP contribution in [0.15, 0.2) is 35.3 Å². The third-order valence-corrected chi connectivity index (χ3v) is 6.60. The van der Waals surface area contributed by atoms with Gasteiger partial charge in [-0.15, -0.1) is 0 Å². The predicted molar refractivity (Wildman–Crippen MR) is 101 cm³/mol. The van der Waals surface area contributed by atoms with Gasteiger partial charge in [-0.25, -0.2) is 4.98 Å². The molecule has 2 aromatic heterocycles. The lowest BCUT2D eigenvalue weighted by Crippen LogP contribution is -2.47. The fourth-order valence-electron chi connectivity index (χ4n) is 4.87. The molecule has 144 valence electrons. The average Bonchev–Trinajstić information content (AvgIpc) is 3.23. The van der Waals surface area contributed by atoms with E-state index in [1.807, 2.05) is 27.8 Å². The maximum absolute atomic E-state index is 13.1.